The van der Waals surface area contributed by atoms with E-state index >= 15 is 0 Å². The lowest BCUT2D eigenvalue weighted by Gasteiger charge is -2.28. The van der Waals surface area contributed by atoms with Crippen LogP contribution in [-0.2, 0) is 0 Å². The molecule has 0 radical (unpaired) electrons. The van der Waals surface area contributed by atoms with Gasteiger partial charge in [-0.1, -0.05) is 109 Å². The number of nitrogens with zero attached hydrogens (tertiary/aromatic N) is 2. The molecule has 0 saturated carbocycles. The summed E-state index contributed by atoms with van der Waals surface area (Å²) in [6.07, 6.45) is 3.73. The van der Waals surface area contributed by atoms with E-state index in [9.17, 15) is 0 Å². The van der Waals surface area contributed by atoms with Gasteiger partial charge in [-0.25, -0.2) is 0 Å². The number of anilines is 3. The zero-order valence-corrected chi connectivity index (χ0v) is 27.1. The molecule has 0 N–H and O–H groups in total. The summed E-state index contributed by atoms with van der Waals surface area (Å²) in [5.74, 6) is 0. The van der Waals surface area contributed by atoms with Crippen molar-refractivity contribution in [3.63, 3.8) is 0 Å². The lowest BCUT2D eigenvalue weighted by molar-refractivity contribution is 0.669. The predicted octanol–water partition coefficient (Wildman–Crippen LogP) is 13.2. The first-order valence-electron chi connectivity index (χ1n) is 16.9. The Morgan fingerprint density at radius 1 is 0.400 bits per heavy atom. The minimum atomic E-state index is 0.861. The Labute approximate surface area is 289 Å². The van der Waals surface area contributed by atoms with E-state index in [0.717, 1.165) is 55.3 Å². The second-order valence-electron chi connectivity index (χ2n) is 12.8. The van der Waals surface area contributed by atoms with Crippen molar-refractivity contribution in [2.75, 3.05) is 4.90 Å². The molecule has 0 amide bonds. The lowest BCUT2D eigenvalue weighted by Crippen LogP contribution is -2.11. The SMILES string of the molecule is c1ccc(N(c2ccc(-c3cccc4ccccc34)cc2)c2ccc3oc4cc5cnccc5cc4c3c2)c(-c2ccc3ccccc3c2)c1. The van der Waals surface area contributed by atoms with E-state index in [0.29, 0.717) is 0 Å². The highest BCUT2D eigenvalue weighted by atomic mass is 16.3. The van der Waals surface area contributed by atoms with Crippen LogP contribution in [-0.4, -0.2) is 4.98 Å². The minimum Gasteiger partial charge on any atom is -0.456 e. The van der Waals surface area contributed by atoms with Crippen LogP contribution in [0.3, 0.4) is 0 Å². The van der Waals surface area contributed by atoms with Crippen molar-refractivity contribution in [3.05, 3.63) is 182 Å². The summed E-state index contributed by atoms with van der Waals surface area (Å²) in [6, 6.07) is 61.0. The molecule has 10 rings (SSSR count). The van der Waals surface area contributed by atoms with Crippen LogP contribution in [0.15, 0.2) is 187 Å². The van der Waals surface area contributed by atoms with Crippen LogP contribution >= 0.6 is 0 Å². The summed E-state index contributed by atoms with van der Waals surface area (Å²) in [5, 5.41) is 9.33. The molecular formula is C47H30N2O. The van der Waals surface area contributed by atoms with Gasteiger partial charge in [0.15, 0.2) is 0 Å². The molecule has 10 aromatic rings. The summed E-state index contributed by atoms with van der Waals surface area (Å²) in [5.41, 5.74) is 9.70. The molecule has 0 fully saturated rings. The highest BCUT2D eigenvalue weighted by molar-refractivity contribution is 6.11. The standard InChI is InChI=1S/C47H30N2O/c1-2-10-34-26-36(17-16-31(34)8-1)42-13-5-6-15-45(42)49(38-20-18-33(19-21-38)41-14-7-11-32-9-3-4-12-40(32)41)39-22-23-46-44(29-39)43-27-35-24-25-48-30-37(35)28-47(43)50-46/h1-30H. The zero-order valence-electron chi connectivity index (χ0n) is 27.1. The van der Waals surface area contributed by atoms with E-state index in [-0.39, 0.29) is 0 Å². The van der Waals surface area contributed by atoms with E-state index in [4.69, 9.17) is 4.42 Å². The Morgan fingerprint density at radius 3 is 2.02 bits per heavy atom. The van der Waals surface area contributed by atoms with E-state index in [2.05, 4.69) is 180 Å². The Hall–Kier alpha value is -6.71. The number of hydrogen-bond acceptors (Lipinski definition) is 3. The monoisotopic (exact) mass is 638 g/mol. The number of para-hydroxylation sites is 1. The van der Waals surface area contributed by atoms with Gasteiger partial charge in [0, 0.05) is 45.5 Å². The third kappa shape index (κ3) is 4.71. The first-order valence-corrected chi connectivity index (χ1v) is 16.9. The molecule has 8 aromatic carbocycles. The normalized spacial score (nSPS) is 11.6. The predicted molar refractivity (Wildman–Crippen MR) is 210 cm³/mol. The van der Waals surface area contributed by atoms with Gasteiger partial charge in [0.05, 0.1) is 5.69 Å². The van der Waals surface area contributed by atoms with Gasteiger partial charge < -0.3 is 9.32 Å². The second kappa shape index (κ2) is 11.5. The van der Waals surface area contributed by atoms with Crippen LogP contribution < -0.4 is 4.90 Å². The number of aromatic nitrogens is 1. The third-order valence-electron chi connectivity index (χ3n) is 9.90. The Balaban J connectivity index is 1.17. The number of furan rings is 1. The summed E-state index contributed by atoms with van der Waals surface area (Å²) in [6.45, 7) is 0. The number of hydrogen-bond donors (Lipinski definition) is 0. The van der Waals surface area contributed by atoms with Crippen molar-refractivity contribution in [3.8, 4) is 22.3 Å². The zero-order chi connectivity index (χ0) is 33.0. The molecule has 3 heteroatoms. The molecule has 0 spiro atoms. The van der Waals surface area contributed by atoms with E-state index in [1.807, 2.05) is 12.4 Å². The molecule has 0 unspecified atom stereocenters. The molecule has 2 aromatic heterocycles. The molecule has 234 valence electrons. The van der Waals surface area contributed by atoms with Crippen molar-refractivity contribution in [1.29, 1.82) is 0 Å². The molecule has 0 bridgehead atoms. The molecule has 3 nitrogen and oxygen atoms in total. The first-order chi connectivity index (χ1) is 24.8. The van der Waals surface area contributed by atoms with E-state index < -0.39 is 0 Å². The maximum atomic E-state index is 6.39. The van der Waals surface area contributed by atoms with Gasteiger partial charge in [0.2, 0.25) is 0 Å². The average molecular weight is 639 g/mol. The third-order valence-corrected chi connectivity index (χ3v) is 9.90. The van der Waals surface area contributed by atoms with Crippen molar-refractivity contribution in [2.45, 2.75) is 0 Å². The highest BCUT2D eigenvalue weighted by Gasteiger charge is 2.20. The topological polar surface area (TPSA) is 29.3 Å². The number of rotatable bonds is 5. The van der Waals surface area contributed by atoms with Crippen molar-refractivity contribution in [2.24, 2.45) is 0 Å². The van der Waals surface area contributed by atoms with Crippen LogP contribution in [0.5, 0.6) is 0 Å². The fourth-order valence-electron chi connectivity index (χ4n) is 7.45. The Bertz CT molecular complexity index is 2880. The Kier molecular flexibility index (Phi) is 6.49. The number of fused-ring (bicyclic) bond motifs is 6. The van der Waals surface area contributed by atoms with Crippen LogP contribution in [0.2, 0.25) is 0 Å². The lowest BCUT2D eigenvalue weighted by atomic mass is 9.97. The molecule has 2 heterocycles. The van der Waals surface area contributed by atoms with E-state index in [1.165, 1.54) is 38.2 Å². The smallest absolute Gasteiger partial charge is 0.136 e. The van der Waals surface area contributed by atoms with Crippen molar-refractivity contribution < 1.29 is 4.42 Å². The number of pyridine rings is 1. The van der Waals surface area contributed by atoms with E-state index in [1.54, 1.807) is 0 Å². The second-order valence-corrected chi connectivity index (χ2v) is 12.8. The maximum absolute atomic E-state index is 6.39. The van der Waals surface area contributed by atoms with Crippen molar-refractivity contribution >= 4 is 71.3 Å². The minimum absolute atomic E-state index is 0.861. The highest BCUT2D eigenvalue weighted by Crippen LogP contribution is 2.44. The quantitative estimate of drug-likeness (QED) is 0.188. The summed E-state index contributed by atoms with van der Waals surface area (Å²) < 4.78 is 6.39. The maximum Gasteiger partial charge on any atom is 0.136 e. The van der Waals surface area contributed by atoms with Crippen LogP contribution in [0.25, 0.3) is 76.5 Å². The van der Waals surface area contributed by atoms with Gasteiger partial charge in [0.25, 0.3) is 0 Å². The van der Waals surface area contributed by atoms with Gasteiger partial charge in [-0.3, -0.25) is 4.98 Å². The van der Waals surface area contributed by atoms with Gasteiger partial charge >= 0.3 is 0 Å². The molecule has 0 saturated heterocycles. The summed E-state index contributed by atoms with van der Waals surface area (Å²) in [7, 11) is 0. The Morgan fingerprint density at radius 2 is 1.10 bits per heavy atom. The van der Waals surface area contributed by atoms with Gasteiger partial charge in [-0.15, -0.1) is 0 Å². The van der Waals surface area contributed by atoms with Crippen LogP contribution in [0, 0.1) is 0 Å². The van der Waals surface area contributed by atoms with Crippen LogP contribution in [0.4, 0.5) is 17.1 Å². The molecule has 0 atom stereocenters. The molecular weight excluding hydrogens is 609 g/mol. The van der Waals surface area contributed by atoms with Gasteiger partial charge in [-0.2, -0.15) is 0 Å². The first kappa shape index (κ1) is 28.3. The summed E-state index contributed by atoms with van der Waals surface area (Å²) >= 11 is 0. The average Bonchev–Trinajstić information content (AvgIpc) is 3.54. The van der Waals surface area contributed by atoms with Gasteiger partial charge in [0.1, 0.15) is 11.2 Å². The molecule has 0 aliphatic rings. The van der Waals surface area contributed by atoms with Gasteiger partial charge in [-0.05, 0) is 104 Å². The summed E-state index contributed by atoms with van der Waals surface area (Å²) in [4.78, 5) is 6.70. The number of benzene rings is 8. The molecule has 0 aliphatic carbocycles. The fraction of sp³-hybridized carbons (Fsp3) is 0. The molecule has 0 aliphatic heterocycles. The van der Waals surface area contributed by atoms with Crippen LogP contribution in [0.1, 0.15) is 0 Å². The largest absolute Gasteiger partial charge is 0.456 e. The van der Waals surface area contributed by atoms with Crippen molar-refractivity contribution in [1.82, 2.24) is 4.98 Å². The molecule has 50 heavy (non-hydrogen) atoms. The fourth-order valence-corrected chi connectivity index (χ4v) is 7.45.